The third-order valence-corrected chi connectivity index (χ3v) is 4.32. The van der Waals surface area contributed by atoms with Crippen molar-refractivity contribution < 1.29 is 19.1 Å². The Bertz CT molecular complexity index is 540. The smallest absolute Gasteiger partial charge is 0.317 e. The maximum atomic E-state index is 11.3. The molecule has 0 N–H and O–H groups in total. The lowest BCUT2D eigenvalue weighted by Crippen LogP contribution is -2.14. The van der Waals surface area contributed by atoms with Crippen molar-refractivity contribution in [3.63, 3.8) is 0 Å². The molecule has 0 amide bonds. The maximum absolute atomic E-state index is 11.3. The van der Waals surface area contributed by atoms with Gasteiger partial charge in [0.2, 0.25) is 0 Å². The highest BCUT2D eigenvalue weighted by molar-refractivity contribution is 9.10. The van der Waals surface area contributed by atoms with Crippen LogP contribution in [0.4, 0.5) is 0 Å². The molecule has 0 spiro atoms. The number of rotatable bonds is 5. The second-order valence-corrected chi connectivity index (χ2v) is 5.55. The predicted octanol–water partition coefficient (Wildman–Crippen LogP) is 2.10. The van der Waals surface area contributed by atoms with Crippen LogP contribution >= 0.6 is 27.5 Å². The molecule has 2 rings (SSSR count). The van der Waals surface area contributed by atoms with Gasteiger partial charge in [-0.15, -0.1) is 0 Å². The van der Waals surface area contributed by atoms with Gasteiger partial charge >= 0.3 is 11.9 Å². The average Bonchev–Trinajstić information content (AvgIpc) is 3.19. The van der Waals surface area contributed by atoms with E-state index in [9.17, 15) is 9.59 Å². The van der Waals surface area contributed by atoms with Crippen molar-refractivity contribution in [2.75, 3.05) is 13.7 Å². The summed E-state index contributed by atoms with van der Waals surface area (Å²) in [5.41, 5.74) is 0.819. The normalized spacial score (nSPS) is 20.4. The summed E-state index contributed by atoms with van der Waals surface area (Å²) in [6, 6.07) is 0. The van der Waals surface area contributed by atoms with Gasteiger partial charge < -0.3 is 9.47 Å². The van der Waals surface area contributed by atoms with Crippen molar-refractivity contribution in [1.82, 2.24) is 9.97 Å². The summed E-state index contributed by atoms with van der Waals surface area (Å²) in [6.07, 6.45) is 1.90. The lowest BCUT2D eigenvalue weighted by molar-refractivity contribution is -0.153. The van der Waals surface area contributed by atoms with Crippen molar-refractivity contribution in [1.29, 1.82) is 0 Å². The number of hydrogen-bond donors (Lipinski definition) is 0. The lowest BCUT2D eigenvalue weighted by atomic mass is 10.2. The van der Waals surface area contributed by atoms with Crippen LogP contribution in [0.5, 0.6) is 0 Å². The first-order chi connectivity index (χ1) is 9.52. The summed E-state index contributed by atoms with van der Waals surface area (Å²) in [4.78, 5) is 30.3. The summed E-state index contributed by atoms with van der Waals surface area (Å²) in [5, 5.41) is 0.364. The highest BCUT2D eigenvalue weighted by atomic mass is 79.9. The Balaban J connectivity index is 1.82. The molecule has 1 aromatic rings. The number of hydrogen-bond acceptors (Lipinski definition) is 6. The van der Waals surface area contributed by atoms with E-state index in [1.54, 1.807) is 0 Å². The van der Waals surface area contributed by atoms with Crippen molar-refractivity contribution in [3.05, 3.63) is 21.6 Å². The number of ether oxygens (including phenoxy) is 2. The second kappa shape index (κ2) is 6.49. The number of esters is 2. The summed E-state index contributed by atoms with van der Waals surface area (Å²) in [7, 11) is 1.23. The largest absolute Gasteiger partial charge is 0.469 e. The molecule has 2 atom stereocenters. The van der Waals surface area contributed by atoms with Crippen LogP contribution in [0.15, 0.2) is 10.8 Å². The Hall–Kier alpha value is -1.21. The molecule has 8 heteroatoms. The monoisotopic (exact) mass is 362 g/mol. The molecule has 6 nitrogen and oxygen atoms in total. The fourth-order valence-electron chi connectivity index (χ4n) is 1.83. The van der Waals surface area contributed by atoms with E-state index in [0.29, 0.717) is 9.63 Å². The molecule has 1 aliphatic carbocycles. The Morgan fingerprint density at radius 3 is 2.90 bits per heavy atom. The minimum atomic E-state index is -0.604. The van der Waals surface area contributed by atoms with E-state index >= 15 is 0 Å². The van der Waals surface area contributed by atoms with E-state index in [4.69, 9.17) is 16.3 Å². The number of halogens is 2. The zero-order chi connectivity index (χ0) is 14.7. The highest BCUT2D eigenvalue weighted by Crippen LogP contribution is 2.49. The van der Waals surface area contributed by atoms with Crippen LogP contribution < -0.4 is 0 Å². The van der Waals surface area contributed by atoms with Gasteiger partial charge in [-0.2, -0.15) is 0 Å². The molecule has 1 aromatic heterocycles. The van der Waals surface area contributed by atoms with Crippen LogP contribution in [-0.4, -0.2) is 35.6 Å². The molecule has 1 fully saturated rings. The topological polar surface area (TPSA) is 78.4 Å². The molecular formula is C12H12BrClN2O4. The SMILES string of the molecule is COC(=O)CC(=O)OCC1CC1c1ncnc(Cl)c1Br. The highest BCUT2D eigenvalue weighted by Gasteiger charge is 2.42. The molecule has 108 valence electrons. The first-order valence-electron chi connectivity index (χ1n) is 5.91. The minimum absolute atomic E-state index is 0.191. The zero-order valence-electron chi connectivity index (χ0n) is 10.6. The number of carbonyl (C=O) groups excluding carboxylic acids is 2. The minimum Gasteiger partial charge on any atom is -0.469 e. The van der Waals surface area contributed by atoms with Crippen LogP contribution in [0.2, 0.25) is 5.15 Å². The molecule has 0 saturated heterocycles. The van der Waals surface area contributed by atoms with E-state index in [1.165, 1.54) is 13.4 Å². The van der Waals surface area contributed by atoms with Crippen LogP contribution in [0.3, 0.4) is 0 Å². The van der Waals surface area contributed by atoms with E-state index in [2.05, 4.69) is 30.6 Å². The number of carbonyl (C=O) groups is 2. The van der Waals surface area contributed by atoms with Gasteiger partial charge in [-0.1, -0.05) is 11.6 Å². The van der Waals surface area contributed by atoms with Crippen molar-refractivity contribution in [2.45, 2.75) is 18.8 Å². The Kier molecular flexibility index (Phi) is 4.93. The number of aromatic nitrogens is 2. The molecule has 1 saturated carbocycles. The molecule has 0 aromatic carbocycles. The standard InChI is InChI=1S/C12H12BrClN2O4/c1-19-8(17)3-9(18)20-4-6-2-7(6)11-10(13)12(14)16-5-15-11/h5-7H,2-4H2,1H3. The number of methoxy groups -OCH3 is 1. The Labute approximate surface area is 129 Å². The molecule has 2 unspecified atom stereocenters. The summed E-state index contributed by atoms with van der Waals surface area (Å²) >= 11 is 9.24. The Morgan fingerprint density at radius 2 is 2.20 bits per heavy atom. The van der Waals surface area contributed by atoms with Crippen LogP contribution in [-0.2, 0) is 19.1 Å². The lowest BCUT2D eigenvalue weighted by Gasteiger charge is -2.05. The van der Waals surface area contributed by atoms with Crippen molar-refractivity contribution in [2.24, 2.45) is 5.92 Å². The van der Waals surface area contributed by atoms with Gasteiger partial charge in [-0.05, 0) is 22.4 Å². The van der Waals surface area contributed by atoms with Gasteiger partial charge in [-0.25, -0.2) is 9.97 Å². The molecule has 0 bridgehead atoms. The van der Waals surface area contributed by atoms with Crippen LogP contribution in [0.1, 0.15) is 24.5 Å². The zero-order valence-corrected chi connectivity index (χ0v) is 13.0. The molecule has 0 aliphatic heterocycles. The molecule has 1 heterocycles. The second-order valence-electron chi connectivity index (χ2n) is 4.40. The predicted molar refractivity (Wildman–Crippen MR) is 73.2 cm³/mol. The van der Waals surface area contributed by atoms with Gasteiger partial charge in [0.15, 0.2) is 0 Å². The van der Waals surface area contributed by atoms with Gasteiger partial charge in [0, 0.05) is 11.8 Å². The van der Waals surface area contributed by atoms with Gasteiger partial charge in [0.05, 0.1) is 23.9 Å². The van der Waals surface area contributed by atoms with E-state index in [-0.39, 0.29) is 24.9 Å². The van der Waals surface area contributed by atoms with E-state index in [0.717, 1.165) is 12.1 Å². The van der Waals surface area contributed by atoms with E-state index in [1.807, 2.05) is 0 Å². The quantitative estimate of drug-likeness (QED) is 0.453. The number of nitrogens with zero attached hydrogens (tertiary/aromatic N) is 2. The first-order valence-corrected chi connectivity index (χ1v) is 7.08. The molecule has 1 aliphatic rings. The third kappa shape index (κ3) is 3.67. The third-order valence-electron chi connectivity index (χ3n) is 3.02. The summed E-state index contributed by atoms with van der Waals surface area (Å²) in [6.45, 7) is 0.258. The van der Waals surface area contributed by atoms with Gasteiger partial charge in [0.1, 0.15) is 17.9 Å². The van der Waals surface area contributed by atoms with Gasteiger partial charge in [0.25, 0.3) is 0 Å². The first kappa shape index (κ1) is 15.2. The average molecular weight is 364 g/mol. The summed E-state index contributed by atoms with van der Waals surface area (Å²) < 4.78 is 10.1. The maximum Gasteiger partial charge on any atom is 0.317 e. The Morgan fingerprint density at radius 1 is 1.45 bits per heavy atom. The fourth-order valence-corrected chi connectivity index (χ4v) is 2.47. The van der Waals surface area contributed by atoms with E-state index < -0.39 is 11.9 Å². The fraction of sp³-hybridized carbons (Fsp3) is 0.500. The van der Waals surface area contributed by atoms with Crippen LogP contribution in [0.25, 0.3) is 0 Å². The molecular weight excluding hydrogens is 351 g/mol. The van der Waals surface area contributed by atoms with Crippen molar-refractivity contribution >= 4 is 39.5 Å². The summed E-state index contributed by atoms with van der Waals surface area (Å²) in [5.74, 6) is -0.801. The van der Waals surface area contributed by atoms with Crippen LogP contribution in [0, 0.1) is 5.92 Å². The van der Waals surface area contributed by atoms with Crippen molar-refractivity contribution in [3.8, 4) is 0 Å². The van der Waals surface area contributed by atoms with Gasteiger partial charge in [-0.3, -0.25) is 9.59 Å². The molecule has 20 heavy (non-hydrogen) atoms. The molecule has 0 radical (unpaired) electrons.